The van der Waals surface area contributed by atoms with Gasteiger partial charge in [-0.3, -0.25) is 4.98 Å². The summed E-state index contributed by atoms with van der Waals surface area (Å²) >= 11 is 4.03. The second kappa shape index (κ2) is 16.3. The van der Waals surface area contributed by atoms with Gasteiger partial charge in [0.2, 0.25) is 0 Å². The highest BCUT2D eigenvalue weighted by Crippen LogP contribution is 2.44. The fraction of sp³-hybridized carbons (Fsp3) is 0.541. The van der Waals surface area contributed by atoms with Gasteiger partial charge in [0.1, 0.15) is 13.5 Å². The first-order chi connectivity index (χ1) is 23.3. The van der Waals surface area contributed by atoms with Crippen molar-refractivity contribution < 1.29 is 19.3 Å². The van der Waals surface area contributed by atoms with Gasteiger partial charge >= 0.3 is 0 Å². The molecule has 0 aliphatic heterocycles. The minimum atomic E-state index is -1.27. The SMILES string of the molecule is CO[C@]1(CO)CC[C@@H](c2nc3c(-c4ccc(-c5ccccc5)nc4)cnn3c(N(COCC[Si](C)(C)C)COCC[Si](C)(C)C)c2Br)CC1. The largest absolute Gasteiger partial charge is 0.393 e. The Morgan fingerprint density at radius 2 is 1.53 bits per heavy atom. The molecule has 0 atom stereocenters. The lowest BCUT2D eigenvalue weighted by molar-refractivity contribution is -0.0785. The van der Waals surface area contributed by atoms with Crippen LogP contribution in [0.25, 0.3) is 28.0 Å². The Labute approximate surface area is 302 Å². The smallest absolute Gasteiger partial charge is 0.165 e. The summed E-state index contributed by atoms with van der Waals surface area (Å²) in [4.78, 5) is 12.3. The van der Waals surface area contributed by atoms with E-state index in [1.807, 2.05) is 35.1 Å². The van der Waals surface area contributed by atoms with Gasteiger partial charge in [-0.2, -0.15) is 9.61 Å². The second-order valence-electron chi connectivity index (χ2n) is 15.8. The third-order valence-corrected chi connectivity index (χ3v) is 13.7. The number of ether oxygens (including phenoxy) is 3. The molecule has 0 unspecified atom stereocenters. The molecule has 1 aromatic carbocycles. The lowest BCUT2D eigenvalue weighted by Gasteiger charge is -2.38. The molecule has 5 rings (SSSR count). The number of hydrogen-bond donors (Lipinski definition) is 1. The quantitative estimate of drug-likeness (QED) is 0.0688. The zero-order chi connectivity index (χ0) is 35.2. The topological polar surface area (TPSA) is 94.2 Å². The third kappa shape index (κ3) is 9.66. The summed E-state index contributed by atoms with van der Waals surface area (Å²) in [5.41, 5.74) is 5.11. The molecule has 266 valence electrons. The number of nitrogens with zero attached hydrogens (tertiary/aromatic N) is 5. The summed E-state index contributed by atoms with van der Waals surface area (Å²) in [5, 5.41) is 15.1. The average molecular weight is 769 g/mol. The van der Waals surface area contributed by atoms with Gasteiger partial charge < -0.3 is 24.2 Å². The predicted molar refractivity (Wildman–Crippen MR) is 208 cm³/mol. The lowest BCUT2D eigenvalue weighted by atomic mass is 9.77. The molecule has 1 aliphatic rings. The Kier molecular flexibility index (Phi) is 12.5. The first-order valence-corrected chi connectivity index (χ1v) is 25.7. The summed E-state index contributed by atoms with van der Waals surface area (Å²) in [6, 6.07) is 16.5. The van der Waals surface area contributed by atoms with Gasteiger partial charge in [0.05, 0.1) is 34.3 Å². The highest BCUT2D eigenvalue weighted by atomic mass is 79.9. The average Bonchev–Trinajstić information content (AvgIpc) is 3.50. The van der Waals surface area contributed by atoms with Crippen LogP contribution in [-0.4, -0.2) is 86.8 Å². The van der Waals surface area contributed by atoms with Crippen LogP contribution < -0.4 is 4.90 Å². The zero-order valence-electron chi connectivity index (χ0n) is 30.3. The minimum absolute atomic E-state index is 0.0190. The van der Waals surface area contributed by atoms with Crippen LogP contribution in [0.3, 0.4) is 0 Å². The molecule has 3 aromatic heterocycles. The van der Waals surface area contributed by atoms with Crippen molar-refractivity contribution in [2.45, 2.75) is 88.6 Å². The van der Waals surface area contributed by atoms with E-state index in [1.54, 1.807) is 7.11 Å². The van der Waals surface area contributed by atoms with Gasteiger partial charge in [0.15, 0.2) is 11.5 Å². The molecule has 49 heavy (non-hydrogen) atoms. The summed E-state index contributed by atoms with van der Waals surface area (Å²) in [6.07, 6.45) is 7.03. The molecule has 0 amide bonds. The highest BCUT2D eigenvalue weighted by molar-refractivity contribution is 9.10. The number of pyridine rings is 1. The maximum atomic E-state index is 10.1. The van der Waals surface area contributed by atoms with Crippen molar-refractivity contribution in [2.75, 3.05) is 45.3 Å². The van der Waals surface area contributed by atoms with Gasteiger partial charge in [-0.25, -0.2) is 4.98 Å². The summed E-state index contributed by atoms with van der Waals surface area (Å²) in [5.74, 6) is 1.05. The van der Waals surface area contributed by atoms with E-state index in [-0.39, 0.29) is 12.5 Å². The molecule has 4 aromatic rings. The van der Waals surface area contributed by atoms with Crippen molar-refractivity contribution >= 4 is 43.5 Å². The van der Waals surface area contributed by atoms with Crippen LogP contribution in [0.15, 0.2) is 59.3 Å². The van der Waals surface area contributed by atoms with Crippen LogP contribution in [0.4, 0.5) is 5.82 Å². The second-order valence-corrected chi connectivity index (χ2v) is 27.8. The molecule has 9 nitrogen and oxygen atoms in total. The number of aliphatic hydroxyl groups excluding tert-OH is 1. The summed E-state index contributed by atoms with van der Waals surface area (Å²) in [7, 11) is -0.831. The van der Waals surface area contributed by atoms with Crippen molar-refractivity contribution in [3.8, 4) is 22.4 Å². The van der Waals surface area contributed by atoms with Crippen LogP contribution >= 0.6 is 15.9 Å². The van der Waals surface area contributed by atoms with Gasteiger partial charge in [-0.05, 0) is 59.8 Å². The summed E-state index contributed by atoms with van der Waals surface area (Å²) in [6.45, 7) is 16.4. The van der Waals surface area contributed by atoms with E-state index in [0.29, 0.717) is 26.7 Å². The fourth-order valence-electron chi connectivity index (χ4n) is 6.16. The zero-order valence-corrected chi connectivity index (χ0v) is 33.9. The number of rotatable bonds is 16. The number of methoxy groups -OCH3 is 1. The van der Waals surface area contributed by atoms with Crippen LogP contribution in [0.5, 0.6) is 0 Å². The molecule has 3 heterocycles. The number of benzene rings is 1. The molecule has 1 fully saturated rings. The fourth-order valence-corrected chi connectivity index (χ4v) is 8.51. The molecule has 0 spiro atoms. The minimum Gasteiger partial charge on any atom is -0.393 e. The number of hydrogen-bond acceptors (Lipinski definition) is 8. The van der Waals surface area contributed by atoms with Crippen molar-refractivity contribution in [1.82, 2.24) is 19.6 Å². The van der Waals surface area contributed by atoms with Crippen molar-refractivity contribution in [3.63, 3.8) is 0 Å². The monoisotopic (exact) mass is 767 g/mol. The molecular weight excluding hydrogens is 715 g/mol. The maximum Gasteiger partial charge on any atom is 0.165 e. The highest BCUT2D eigenvalue weighted by Gasteiger charge is 2.37. The Balaban J connectivity index is 1.56. The van der Waals surface area contributed by atoms with E-state index in [0.717, 1.165) is 81.8 Å². The molecule has 1 saturated carbocycles. The van der Waals surface area contributed by atoms with E-state index >= 15 is 0 Å². The predicted octanol–water partition coefficient (Wildman–Crippen LogP) is 8.69. The maximum absolute atomic E-state index is 10.1. The molecule has 0 bridgehead atoms. The number of aromatic nitrogens is 4. The third-order valence-electron chi connectivity index (χ3n) is 9.53. The molecule has 1 aliphatic carbocycles. The standard InChI is InChI=1S/C37H54BrN5O4Si2/c1-45-37(25-44)17-15-29(16-18-37)34-33(38)36(42(26-46-19-21-48(2,3)4)27-47-20-22-49(5,6)7)43-35(41-34)31(24-40-43)30-13-14-32(39-23-30)28-11-9-8-10-12-28/h8-14,23-24,29,44H,15-22,25-27H2,1-7H3/t29-,37-. The van der Waals surface area contributed by atoms with E-state index in [4.69, 9.17) is 29.3 Å². The van der Waals surface area contributed by atoms with E-state index in [1.165, 1.54) is 0 Å². The Morgan fingerprint density at radius 3 is 2.06 bits per heavy atom. The first-order valence-electron chi connectivity index (χ1n) is 17.5. The van der Waals surface area contributed by atoms with Crippen LogP contribution in [0.2, 0.25) is 51.4 Å². The van der Waals surface area contributed by atoms with Gasteiger partial charge in [-0.15, -0.1) is 0 Å². The lowest BCUT2D eigenvalue weighted by Crippen LogP contribution is -2.39. The Hall–Kier alpha value is -2.46. The number of aliphatic hydroxyl groups is 1. The molecular formula is C37H54BrN5O4Si2. The van der Waals surface area contributed by atoms with Gasteiger partial charge in [0, 0.05) is 65.3 Å². The molecule has 1 N–H and O–H groups in total. The van der Waals surface area contributed by atoms with Gasteiger partial charge in [0.25, 0.3) is 0 Å². The van der Waals surface area contributed by atoms with Crippen molar-refractivity contribution in [1.29, 1.82) is 0 Å². The molecule has 12 heteroatoms. The van der Waals surface area contributed by atoms with Crippen molar-refractivity contribution in [2.24, 2.45) is 0 Å². The van der Waals surface area contributed by atoms with E-state index in [9.17, 15) is 5.11 Å². The van der Waals surface area contributed by atoms with E-state index < -0.39 is 21.7 Å². The Morgan fingerprint density at radius 1 is 0.898 bits per heavy atom. The van der Waals surface area contributed by atoms with Crippen LogP contribution in [0.1, 0.15) is 37.3 Å². The van der Waals surface area contributed by atoms with Crippen LogP contribution in [0, 0.1) is 0 Å². The number of halogens is 1. The summed E-state index contributed by atoms with van der Waals surface area (Å²) < 4.78 is 21.4. The normalized spacial score (nSPS) is 18.7. The van der Waals surface area contributed by atoms with E-state index in [2.05, 4.69) is 84.4 Å². The van der Waals surface area contributed by atoms with Gasteiger partial charge in [-0.1, -0.05) is 75.7 Å². The molecule has 0 saturated heterocycles. The first kappa shape index (κ1) is 37.8. The van der Waals surface area contributed by atoms with Crippen molar-refractivity contribution in [3.05, 3.63) is 65.0 Å². The Bertz CT molecular complexity index is 1620. The number of anilines is 1. The molecule has 0 radical (unpaired) electrons. The number of fused-ring (bicyclic) bond motifs is 1. The van der Waals surface area contributed by atoms with Crippen LogP contribution in [-0.2, 0) is 14.2 Å².